The fraction of sp³-hybridized carbons (Fsp3) is 0.875. The molecule has 1 fully saturated rings. The lowest BCUT2D eigenvalue weighted by Crippen LogP contribution is -2.13. The van der Waals surface area contributed by atoms with E-state index < -0.39 is 6.16 Å². The summed E-state index contributed by atoms with van der Waals surface area (Å²) in [6.45, 7) is 0. The number of ether oxygens (including phenoxy) is 1. The first kappa shape index (κ1) is 12.2. The van der Waals surface area contributed by atoms with Crippen molar-refractivity contribution in [3.05, 3.63) is 0 Å². The molecule has 3 N–H and O–H groups in total. The number of carboxylic acid groups (broad SMARTS) is 1. The second-order valence-corrected chi connectivity index (χ2v) is 2.88. The molecule has 0 aromatic carbocycles. The summed E-state index contributed by atoms with van der Waals surface area (Å²) in [6.07, 6.45) is 5.86. The van der Waals surface area contributed by atoms with Crippen molar-refractivity contribution >= 4 is 6.16 Å². The minimum absolute atomic E-state index is 0.587. The minimum Gasteiger partial charge on any atom is -0.448 e. The van der Waals surface area contributed by atoms with E-state index in [4.69, 9.17) is 14.6 Å². The molecule has 0 heterocycles. The molecule has 13 heavy (non-hydrogen) atoms. The Bertz CT molecular complexity index is 134. The number of hydrogen-bond donors (Lipinski definition) is 2. The van der Waals surface area contributed by atoms with Crippen LogP contribution in [-0.4, -0.2) is 24.5 Å². The predicted molar refractivity (Wildman–Crippen MR) is 47.2 cm³/mol. The first-order valence-electron chi connectivity index (χ1n) is 4.33. The molecule has 0 aromatic rings. The molecule has 0 amide bonds. The van der Waals surface area contributed by atoms with Crippen molar-refractivity contribution in [3.63, 3.8) is 0 Å². The van der Waals surface area contributed by atoms with Gasteiger partial charge in [-0.3, -0.25) is 0 Å². The molecule has 1 rings (SSSR count). The molecule has 0 aliphatic heterocycles. The zero-order valence-corrected chi connectivity index (χ0v) is 7.86. The van der Waals surface area contributed by atoms with Gasteiger partial charge >= 0.3 is 6.16 Å². The molecule has 1 aliphatic carbocycles. The van der Waals surface area contributed by atoms with Crippen LogP contribution in [0, 0.1) is 0 Å². The van der Waals surface area contributed by atoms with Gasteiger partial charge in [-0.25, -0.2) is 4.79 Å². The van der Waals surface area contributed by atoms with E-state index in [1.54, 1.807) is 0 Å². The van der Waals surface area contributed by atoms with E-state index in [1.165, 1.54) is 32.1 Å². The van der Waals surface area contributed by atoms with Crippen LogP contribution in [-0.2, 0) is 9.57 Å². The lowest BCUT2D eigenvalue weighted by Gasteiger charge is -2.19. The Balaban J connectivity index is 0.000000252. The third-order valence-electron chi connectivity index (χ3n) is 1.99. The first-order valence-corrected chi connectivity index (χ1v) is 4.33. The maximum absolute atomic E-state index is 9.02. The van der Waals surface area contributed by atoms with Crippen molar-refractivity contribution in [1.82, 2.24) is 0 Å². The fourth-order valence-electron chi connectivity index (χ4n) is 1.30. The summed E-state index contributed by atoms with van der Waals surface area (Å²) < 4.78 is 5.19. The summed E-state index contributed by atoms with van der Waals surface area (Å²) in [7, 11) is 1.82. The van der Waals surface area contributed by atoms with Gasteiger partial charge in [0.2, 0.25) is 0 Å². The Morgan fingerprint density at radius 1 is 1.38 bits per heavy atom. The van der Waals surface area contributed by atoms with E-state index in [9.17, 15) is 0 Å². The SMILES string of the molecule is COC1CCCCC1.NOC(=O)O. The molecule has 1 saturated carbocycles. The van der Waals surface area contributed by atoms with Crippen LogP contribution in [0.5, 0.6) is 0 Å². The van der Waals surface area contributed by atoms with Gasteiger partial charge in [0.25, 0.3) is 0 Å². The number of carbonyl (C=O) groups is 1. The number of nitrogens with two attached hydrogens (primary N) is 1. The van der Waals surface area contributed by atoms with Gasteiger partial charge in [-0.15, -0.1) is 0 Å². The van der Waals surface area contributed by atoms with Crippen LogP contribution >= 0.6 is 0 Å². The van der Waals surface area contributed by atoms with E-state index in [0.29, 0.717) is 6.10 Å². The monoisotopic (exact) mass is 191 g/mol. The standard InChI is InChI=1S/C7H14O.CH3NO3/c1-8-7-5-3-2-4-6-7;2-5-1(3)4/h7H,2-6H2,1H3;2H2,(H,3,4). The van der Waals surface area contributed by atoms with Crippen LogP contribution in [0.15, 0.2) is 0 Å². The van der Waals surface area contributed by atoms with Crippen LogP contribution < -0.4 is 5.90 Å². The molecule has 0 atom stereocenters. The number of rotatable bonds is 1. The van der Waals surface area contributed by atoms with E-state index >= 15 is 0 Å². The largest absolute Gasteiger partial charge is 0.524 e. The lowest BCUT2D eigenvalue weighted by atomic mass is 9.98. The molecule has 0 unspecified atom stereocenters. The van der Waals surface area contributed by atoms with Gasteiger partial charge in [0.05, 0.1) is 6.10 Å². The molecule has 0 aromatic heterocycles. The second-order valence-electron chi connectivity index (χ2n) is 2.88. The van der Waals surface area contributed by atoms with Crippen LogP contribution in [0.25, 0.3) is 0 Å². The smallest absolute Gasteiger partial charge is 0.448 e. The van der Waals surface area contributed by atoms with Crippen molar-refractivity contribution in [3.8, 4) is 0 Å². The number of methoxy groups -OCH3 is 1. The van der Waals surface area contributed by atoms with Crippen molar-refractivity contribution in [2.45, 2.75) is 38.2 Å². The molecule has 1 aliphatic rings. The normalized spacial score (nSPS) is 17.1. The maximum Gasteiger partial charge on any atom is 0.524 e. The van der Waals surface area contributed by atoms with Crippen molar-refractivity contribution in [2.75, 3.05) is 7.11 Å². The molecular weight excluding hydrogens is 174 g/mol. The molecule has 0 radical (unpaired) electrons. The quantitative estimate of drug-likeness (QED) is 0.614. The molecule has 78 valence electrons. The van der Waals surface area contributed by atoms with Crippen LogP contribution in [0.2, 0.25) is 0 Å². The molecule has 5 nitrogen and oxygen atoms in total. The Morgan fingerprint density at radius 3 is 2.08 bits per heavy atom. The Hall–Kier alpha value is -0.810. The Labute approximate surface area is 77.8 Å². The molecule has 0 bridgehead atoms. The third-order valence-corrected chi connectivity index (χ3v) is 1.99. The topological polar surface area (TPSA) is 81.8 Å². The highest BCUT2D eigenvalue weighted by molar-refractivity contribution is 5.56. The first-order chi connectivity index (χ1) is 6.20. The van der Waals surface area contributed by atoms with Crippen molar-refractivity contribution < 1.29 is 19.5 Å². The summed E-state index contributed by atoms with van der Waals surface area (Å²) in [5.41, 5.74) is 0. The second kappa shape index (κ2) is 7.82. The van der Waals surface area contributed by atoms with Crippen LogP contribution in [0.3, 0.4) is 0 Å². The summed E-state index contributed by atoms with van der Waals surface area (Å²) in [5, 5.41) is 7.38. The van der Waals surface area contributed by atoms with E-state index in [-0.39, 0.29) is 0 Å². The van der Waals surface area contributed by atoms with Crippen LogP contribution in [0.4, 0.5) is 4.79 Å². The molecular formula is C8H17NO4. The average molecular weight is 191 g/mol. The number of hydrogen-bond acceptors (Lipinski definition) is 4. The van der Waals surface area contributed by atoms with Crippen LogP contribution in [0.1, 0.15) is 32.1 Å². The maximum atomic E-state index is 9.02. The van der Waals surface area contributed by atoms with E-state index in [1.807, 2.05) is 7.11 Å². The van der Waals surface area contributed by atoms with Crippen molar-refractivity contribution in [2.24, 2.45) is 5.90 Å². The fourth-order valence-corrected chi connectivity index (χ4v) is 1.30. The zero-order chi connectivity index (χ0) is 10.1. The summed E-state index contributed by atoms with van der Waals surface area (Å²) in [6, 6.07) is 0. The van der Waals surface area contributed by atoms with Gasteiger partial charge in [-0.1, -0.05) is 19.3 Å². The summed E-state index contributed by atoms with van der Waals surface area (Å²) in [4.78, 5) is 12.2. The van der Waals surface area contributed by atoms with Gasteiger partial charge < -0.3 is 14.7 Å². The lowest BCUT2D eigenvalue weighted by molar-refractivity contribution is 0.0710. The van der Waals surface area contributed by atoms with E-state index in [2.05, 4.69) is 10.7 Å². The van der Waals surface area contributed by atoms with Gasteiger partial charge in [0.15, 0.2) is 0 Å². The van der Waals surface area contributed by atoms with Gasteiger partial charge in [-0.05, 0) is 12.8 Å². The molecule has 5 heteroatoms. The highest BCUT2D eigenvalue weighted by atomic mass is 16.7. The molecule has 0 saturated heterocycles. The van der Waals surface area contributed by atoms with Gasteiger partial charge in [0.1, 0.15) is 0 Å². The average Bonchev–Trinajstić information content (AvgIpc) is 2.20. The van der Waals surface area contributed by atoms with E-state index in [0.717, 1.165) is 0 Å². The predicted octanol–water partition coefficient (Wildman–Crippen LogP) is 1.52. The Morgan fingerprint density at radius 2 is 1.85 bits per heavy atom. The highest BCUT2D eigenvalue weighted by Gasteiger charge is 2.10. The third kappa shape index (κ3) is 7.55. The van der Waals surface area contributed by atoms with Gasteiger partial charge in [0, 0.05) is 7.11 Å². The highest BCUT2D eigenvalue weighted by Crippen LogP contribution is 2.18. The minimum atomic E-state index is -1.47. The van der Waals surface area contributed by atoms with Gasteiger partial charge in [-0.2, -0.15) is 5.90 Å². The Kier molecular flexibility index (Phi) is 7.33. The molecule has 0 spiro atoms. The summed E-state index contributed by atoms with van der Waals surface area (Å²) >= 11 is 0. The zero-order valence-electron chi connectivity index (χ0n) is 7.86. The van der Waals surface area contributed by atoms with Crippen molar-refractivity contribution in [1.29, 1.82) is 0 Å². The summed E-state index contributed by atoms with van der Waals surface area (Å²) in [5.74, 6) is 4.07.